The van der Waals surface area contributed by atoms with Gasteiger partial charge in [0.05, 0.1) is 28.1 Å². The molecule has 0 fully saturated rings. The van der Waals surface area contributed by atoms with Crippen LogP contribution >= 0.6 is 34.8 Å². The summed E-state index contributed by atoms with van der Waals surface area (Å²) in [6.07, 6.45) is 5.18. The predicted molar refractivity (Wildman–Crippen MR) is 116 cm³/mol. The zero-order valence-corrected chi connectivity index (χ0v) is 18.4. The first kappa shape index (κ1) is 20.8. The van der Waals surface area contributed by atoms with Crippen LogP contribution in [-0.2, 0) is 17.6 Å². The van der Waals surface area contributed by atoms with E-state index >= 15 is 0 Å². The Morgan fingerprint density at radius 2 is 1.70 bits per heavy atom. The second kappa shape index (κ2) is 8.34. The van der Waals surface area contributed by atoms with Gasteiger partial charge in [-0.1, -0.05) is 48.7 Å². The van der Waals surface area contributed by atoms with Crippen molar-refractivity contribution >= 4 is 46.2 Å². The molecule has 30 heavy (non-hydrogen) atoms. The lowest BCUT2D eigenvalue weighted by molar-refractivity contribution is -0.117. The second-order valence-electron chi connectivity index (χ2n) is 7.18. The Bertz CT molecular complexity index is 1210. The summed E-state index contributed by atoms with van der Waals surface area (Å²) in [5.74, 6) is 0.146. The van der Waals surface area contributed by atoms with Crippen LogP contribution in [0.1, 0.15) is 36.6 Å². The molecule has 0 bridgehead atoms. The van der Waals surface area contributed by atoms with E-state index in [1.54, 1.807) is 28.9 Å². The van der Waals surface area contributed by atoms with Gasteiger partial charge in [0.15, 0.2) is 10.8 Å². The molecule has 7 nitrogen and oxygen atoms in total. The van der Waals surface area contributed by atoms with Crippen LogP contribution < -0.4 is 0 Å². The standard InChI is InChI=1S/C20H17Cl3N6O/c1-11(2)19-13(10-24-18-9-17(23)27-28(18)19)8-14(30)5-12-6-15(21)20(16(22)7-12)29-25-3-4-26-29/h3-4,6-7,9-11H,5,8H2,1-2H3. The predicted octanol–water partition coefficient (Wildman–Crippen LogP) is 4.75. The topological polar surface area (TPSA) is 78.0 Å². The molecule has 0 saturated carbocycles. The van der Waals surface area contributed by atoms with Gasteiger partial charge in [-0.15, -0.1) is 4.80 Å². The molecule has 3 heterocycles. The molecule has 4 rings (SSSR count). The average Bonchev–Trinajstić information content (AvgIpc) is 3.29. The molecular formula is C20H17Cl3N6O. The maximum Gasteiger partial charge on any atom is 0.156 e. The number of carbonyl (C=O) groups excluding carboxylic acids is 1. The Morgan fingerprint density at radius 3 is 2.33 bits per heavy atom. The number of benzene rings is 1. The van der Waals surface area contributed by atoms with Gasteiger partial charge in [0.1, 0.15) is 11.5 Å². The highest BCUT2D eigenvalue weighted by Gasteiger charge is 2.18. The third kappa shape index (κ3) is 4.05. The molecule has 0 aliphatic rings. The minimum atomic E-state index is 0.00778. The quantitative estimate of drug-likeness (QED) is 0.412. The van der Waals surface area contributed by atoms with Crippen molar-refractivity contribution in [3.63, 3.8) is 0 Å². The van der Waals surface area contributed by atoms with E-state index in [0.29, 0.717) is 32.1 Å². The SMILES string of the molecule is CC(C)c1c(CC(=O)Cc2cc(Cl)c(-n3nccn3)c(Cl)c2)cnc2cc(Cl)nn12. The van der Waals surface area contributed by atoms with Crippen molar-refractivity contribution in [1.29, 1.82) is 0 Å². The lowest BCUT2D eigenvalue weighted by Gasteiger charge is -2.14. The maximum absolute atomic E-state index is 12.8. The fourth-order valence-electron chi connectivity index (χ4n) is 3.46. The van der Waals surface area contributed by atoms with Gasteiger partial charge in [0, 0.05) is 25.1 Å². The smallest absolute Gasteiger partial charge is 0.156 e. The summed E-state index contributed by atoms with van der Waals surface area (Å²) in [4.78, 5) is 18.6. The Balaban J connectivity index is 1.59. The molecule has 1 aromatic carbocycles. The van der Waals surface area contributed by atoms with E-state index in [-0.39, 0.29) is 24.5 Å². The van der Waals surface area contributed by atoms with E-state index in [1.807, 2.05) is 13.8 Å². The number of fused-ring (bicyclic) bond motifs is 1. The monoisotopic (exact) mass is 462 g/mol. The Hall–Kier alpha value is -2.48. The number of Topliss-reactive ketones (excluding diaryl/α,β-unsaturated/α-hetero) is 1. The third-order valence-corrected chi connectivity index (χ3v) is 5.36. The number of hydrogen-bond acceptors (Lipinski definition) is 5. The summed E-state index contributed by atoms with van der Waals surface area (Å²) < 4.78 is 1.70. The summed E-state index contributed by atoms with van der Waals surface area (Å²) >= 11 is 18.8. The summed E-state index contributed by atoms with van der Waals surface area (Å²) in [6, 6.07) is 5.11. The zero-order chi connectivity index (χ0) is 21.4. The van der Waals surface area contributed by atoms with E-state index in [1.165, 1.54) is 17.2 Å². The van der Waals surface area contributed by atoms with Crippen molar-refractivity contribution in [2.75, 3.05) is 0 Å². The fraction of sp³-hybridized carbons (Fsp3) is 0.250. The average molecular weight is 464 g/mol. The van der Waals surface area contributed by atoms with Crippen molar-refractivity contribution in [3.8, 4) is 5.69 Å². The summed E-state index contributed by atoms with van der Waals surface area (Å²) in [6.45, 7) is 4.08. The largest absolute Gasteiger partial charge is 0.299 e. The van der Waals surface area contributed by atoms with Gasteiger partial charge < -0.3 is 0 Å². The first-order valence-electron chi connectivity index (χ1n) is 9.23. The van der Waals surface area contributed by atoms with Crippen LogP contribution in [-0.4, -0.2) is 35.4 Å². The van der Waals surface area contributed by atoms with Crippen molar-refractivity contribution < 1.29 is 4.79 Å². The molecular weight excluding hydrogens is 447 g/mol. The number of carbonyl (C=O) groups is 1. The van der Waals surface area contributed by atoms with Crippen LogP contribution in [0.25, 0.3) is 11.3 Å². The van der Waals surface area contributed by atoms with E-state index in [9.17, 15) is 4.79 Å². The highest BCUT2D eigenvalue weighted by molar-refractivity contribution is 6.37. The van der Waals surface area contributed by atoms with Crippen LogP contribution in [0.4, 0.5) is 0 Å². The molecule has 0 N–H and O–H groups in total. The molecule has 10 heteroatoms. The summed E-state index contributed by atoms with van der Waals surface area (Å²) in [5.41, 5.74) is 3.58. The highest BCUT2D eigenvalue weighted by Crippen LogP contribution is 2.30. The Morgan fingerprint density at radius 1 is 1.03 bits per heavy atom. The first-order valence-corrected chi connectivity index (χ1v) is 10.4. The van der Waals surface area contributed by atoms with E-state index in [0.717, 1.165) is 11.3 Å². The highest BCUT2D eigenvalue weighted by atomic mass is 35.5. The van der Waals surface area contributed by atoms with E-state index in [2.05, 4.69) is 20.3 Å². The van der Waals surface area contributed by atoms with Gasteiger partial charge in [0.25, 0.3) is 0 Å². The van der Waals surface area contributed by atoms with Crippen LogP contribution in [0.3, 0.4) is 0 Å². The molecule has 0 amide bonds. The number of hydrogen-bond donors (Lipinski definition) is 0. The third-order valence-electron chi connectivity index (χ3n) is 4.60. The number of aromatic nitrogens is 6. The molecule has 0 radical (unpaired) electrons. The molecule has 0 unspecified atom stereocenters. The minimum absolute atomic E-state index is 0.00778. The van der Waals surface area contributed by atoms with Gasteiger partial charge in [-0.25, -0.2) is 9.50 Å². The zero-order valence-electron chi connectivity index (χ0n) is 16.2. The molecule has 0 aliphatic heterocycles. The molecule has 3 aromatic heterocycles. The van der Waals surface area contributed by atoms with Crippen molar-refractivity contribution in [3.05, 3.63) is 68.8 Å². The normalized spacial score (nSPS) is 11.5. The van der Waals surface area contributed by atoms with Crippen LogP contribution in [0.15, 0.2) is 36.8 Å². The molecule has 0 spiro atoms. The van der Waals surface area contributed by atoms with Crippen LogP contribution in [0.2, 0.25) is 15.2 Å². The molecule has 0 saturated heterocycles. The van der Waals surface area contributed by atoms with E-state index < -0.39 is 0 Å². The summed E-state index contributed by atoms with van der Waals surface area (Å²) in [5, 5.41) is 13.5. The van der Waals surface area contributed by atoms with Gasteiger partial charge >= 0.3 is 0 Å². The van der Waals surface area contributed by atoms with Crippen molar-refractivity contribution in [2.45, 2.75) is 32.6 Å². The van der Waals surface area contributed by atoms with Gasteiger partial charge in [-0.2, -0.15) is 15.3 Å². The minimum Gasteiger partial charge on any atom is -0.299 e. The molecule has 0 atom stereocenters. The van der Waals surface area contributed by atoms with Crippen molar-refractivity contribution in [2.24, 2.45) is 0 Å². The van der Waals surface area contributed by atoms with Gasteiger partial charge in [0.2, 0.25) is 0 Å². The summed E-state index contributed by atoms with van der Waals surface area (Å²) in [7, 11) is 0. The van der Waals surface area contributed by atoms with Crippen LogP contribution in [0, 0.1) is 0 Å². The Kier molecular flexibility index (Phi) is 5.77. The van der Waals surface area contributed by atoms with E-state index in [4.69, 9.17) is 34.8 Å². The number of nitrogens with zero attached hydrogens (tertiary/aromatic N) is 6. The molecule has 0 aliphatic carbocycles. The maximum atomic E-state index is 12.8. The molecule has 4 aromatic rings. The number of ketones is 1. The fourth-order valence-corrected chi connectivity index (χ4v) is 4.31. The molecule has 154 valence electrons. The number of rotatable bonds is 6. The second-order valence-corrected chi connectivity index (χ2v) is 8.38. The van der Waals surface area contributed by atoms with Gasteiger partial charge in [-0.3, -0.25) is 4.79 Å². The van der Waals surface area contributed by atoms with Gasteiger partial charge in [-0.05, 0) is 29.2 Å². The number of halogens is 3. The lowest BCUT2D eigenvalue weighted by Crippen LogP contribution is -2.13. The van der Waals surface area contributed by atoms with Crippen LogP contribution in [0.5, 0.6) is 0 Å². The Labute approximate surface area is 187 Å². The first-order chi connectivity index (χ1) is 14.3. The van der Waals surface area contributed by atoms with Crippen molar-refractivity contribution in [1.82, 2.24) is 29.6 Å². The lowest BCUT2D eigenvalue weighted by atomic mass is 9.98.